The van der Waals surface area contributed by atoms with Crippen LogP contribution < -0.4 is 5.32 Å². The normalized spacial score (nSPS) is 15.9. The van der Waals surface area contributed by atoms with Crippen molar-refractivity contribution in [1.29, 1.82) is 0 Å². The van der Waals surface area contributed by atoms with E-state index in [4.69, 9.17) is 9.63 Å². The lowest BCUT2D eigenvalue weighted by Crippen LogP contribution is -2.35. The third-order valence-electron chi connectivity index (χ3n) is 4.75. The second-order valence-electron chi connectivity index (χ2n) is 6.77. The number of rotatable bonds is 8. The number of nitrogens with zero attached hydrogens (tertiary/aromatic N) is 3. The third-order valence-corrected chi connectivity index (χ3v) is 4.75. The second kappa shape index (κ2) is 9.45. The minimum atomic E-state index is -0.262. The molecule has 2 heterocycles. The van der Waals surface area contributed by atoms with Crippen LogP contribution in [0, 0.1) is 5.92 Å². The van der Waals surface area contributed by atoms with Crippen molar-refractivity contribution in [2.45, 2.75) is 38.8 Å². The first-order chi connectivity index (χ1) is 12.7. The summed E-state index contributed by atoms with van der Waals surface area (Å²) in [5, 5.41) is 15.5. The highest BCUT2D eigenvalue weighted by molar-refractivity contribution is 5.76. The summed E-state index contributed by atoms with van der Waals surface area (Å²) in [4.78, 5) is 18.6. The lowest BCUT2D eigenvalue weighted by atomic mass is 9.93. The Kier molecular flexibility index (Phi) is 6.74. The van der Waals surface area contributed by atoms with Crippen LogP contribution in [0.4, 0.5) is 0 Å². The Hall–Kier alpha value is -2.25. The standard InChI is InChI=1S/C19H26N4O3/c24-14-19-21-17(22-26-19)6-9-20-18(25)12-15-7-10-23(11-8-15)13-16-4-2-1-3-5-16/h1-5,15,24H,6-14H2,(H,20,25). The average molecular weight is 358 g/mol. The molecule has 0 spiro atoms. The molecule has 0 bridgehead atoms. The van der Waals surface area contributed by atoms with Gasteiger partial charge in [-0.15, -0.1) is 0 Å². The molecule has 0 radical (unpaired) electrons. The SMILES string of the molecule is O=C(CC1CCN(Cc2ccccc2)CC1)NCCc1noc(CO)n1. The highest BCUT2D eigenvalue weighted by Crippen LogP contribution is 2.21. The molecule has 26 heavy (non-hydrogen) atoms. The molecule has 1 aliphatic rings. The highest BCUT2D eigenvalue weighted by Gasteiger charge is 2.21. The van der Waals surface area contributed by atoms with Gasteiger partial charge in [0.05, 0.1) is 0 Å². The predicted octanol–water partition coefficient (Wildman–Crippen LogP) is 1.52. The van der Waals surface area contributed by atoms with E-state index in [0.717, 1.165) is 32.5 Å². The lowest BCUT2D eigenvalue weighted by molar-refractivity contribution is -0.122. The molecule has 7 nitrogen and oxygen atoms in total. The number of hydrogen-bond donors (Lipinski definition) is 2. The van der Waals surface area contributed by atoms with Crippen molar-refractivity contribution in [3.63, 3.8) is 0 Å². The minimum Gasteiger partial charge on any atom is -0.387 e. The summed E-state index contributed by atoms with van der Waals surface area (Å²) in [7, 11) is 0. The number of amides is 1. The third kappa shape index (κ3) is 5.64. The zero-order chi connectivity index (χ0) is 18.2. The largest absolute Gasteiger partial charge is 0.387 e. The predicted molar refractivity (Wildman–Crippen MR) is 96.0 cm³/mol. The Balaban J connectivity index is 1.31. The van der Waals surface area contributed by atoms with Crippen LogP contribution in [0.1, 0.15) is 36.5 Å². The van der Waals surface area contributed by atoms with Crippen LogP contribution >= 0.6 is 0 Å². The van der Waals surface area contributed by atoms with Crippen molar-refractivity contribution in [1.82, 2.24) is 20.4 Å². The number of hydrogen-bond acceptors (Lipinski definition) is 6. The van der Waals surface area contributed by atoms with Gasteiger partial charge in [-0.25, -0.2) is 0 Å². The van der Waals surface area contributed by atoms with Gasteiger partial charge in [0.2, 0.25) is 5.91 Å². The number of likely N-dealkylation sites (tertiary alicyclic amines) is 1. The van der Waals surface area contributed by atoms with Gasteiger partial charge in [0.25, 0.3) is 5.89 Å². The first kappa shape index (κ1) is 18.5. The van der Waals surface area contributed by atoms with Crippen molar-refractivity contribution in [3.8, 4) is 0 Å². The van der Waals surface area contributed by atoms with E-state index >= 15 is 0 Å². The molecule has 1 saturated heterocycles. The van der Waals surface area contributed by atoms with Gasteiger partial charge in [0, 0.05) is 25.9 Å². The molecule has 2 N–H and O–H groups in total. The van der Waals surface area contributed by atoms with Crippen molar-refractivity contribution < 1.29 is 14.4 Å². The van der Waals surface area contributed by atoms with Gasteiger partial charge in [-0.3, -0.25) is 9.69 Å². The monoisotopic (exact) mass is 358 g/mol. The van der Waals surface area contributed by atoms with Crippen LogP contribution in [-0.2, 0) is 24.4 Å². The zero-order valence-corrected chi connectivity index (χ0v) is 14.9. The summed E-state index contributed by atoms with van der Waals surface area (Å²) < 4.78 is 4.82. The van der Waals surface area contributed by atoms with Gasteiger partial charge in [0.15, 0.2) is 5.82 Å². The van der Waals surface area contributed by atoms with E-state index in [9.17, 15) is 4.79 Å². The highest BCUT2D eigenvalue weighted by atomic mass is 16.5. The fourth-order valence-corrected chi connectivity index (χ4v) is 3.29. The Morgan fingerprint density at radius 2 is 2.04 bits per heavy atom. The van der Waals surface area contributed by atoms with Crippen LogP contribution in [0.3, 0.4) is 0 Å². The average Bonchev–Trinajstić information content (AvgIpc) is 3.12. The Labute approximate surface area is 153 Å². The van der Waals surface area contributed by atoms with E-state index in [1.807, 2.05) is 6.07 Å². The molecule has 7 heteroatoms. The molecular weight excluding hydrogens is 332 g/mol. The molecule has 0 atom stereocenters. The number of aromatic nitrogens is 2. The summed E-state index contributed by atoms with van der Waals surface area (Å²) in [6, 6.07) is 10.5. The fourth-order valence-electron chi connectivity index (χ4n) is 3.29. The zero-order valence-electron chi connectivity index (χ0n) is 14.9. The maximum absolute atomic E-state index is 12.1. The Morgan fingerprint density at radius 1 is 1.27 bits per heavy atom. The second-order valence-corrected chi connectivity index (χ2v) is 6.77. The van der Waals surface area contributed by atoms with Gasteiger partial charge in [-0.05, 0) is 37.4 Å². The van der Waals surface area contributed by atoms with E-state index < -0.39 is 0 Å². The van der Waals surface area contributed by atoms with Crippen molar-refractivity contribution in [3.05, 3.63) is 47.6 Å². The first-order valence-corrected chi connectivity index (χ1v) is 9.18. The van der Waals surface area contributed by atoms with E-state index in [1.54, 1.807) is 0 Å². The van der Waals surface area contributed by atoms with Gasteiger partial charge in [0.1, 0.15) is 6.61 Å². The van der Waals surface area contributed by atoms with Gasteiger partial charge < -0.3 is 14.9 Å². The minimum absolute atomic E-state index is 0.0809. The number of carbonyl (C=O) groups is 1. The maximum atomic E-state index is 12.1. The van der Waals surface area contributed by atoms with E-state index in [-0.39, 0.29) is 18.4 Å². The number of aliphatic hydroxyl groups excluding tert-OH is 1. The summed E-state index contributed by atoms with van der Waals surface area (Å²) >= 11 is 0. The molecule has 0 saturated carbocycles. The van der Waals surface area contributed by atoms with E-state index in [1.165, 1.54) is 5.56 Å². The van der Waals surface area contributed by atoms with E-state index in [0.29, 0.717) is 31.1 Å². The van der Waals surface area contributed by atoms with Crippen molar-refractivity contribution >= 4 is 5.91 Å². The Bertz CT molecular complexity index is 681. The summed E-state index contributed by atoms with van der Waals surface area (Å²) in [6.07, 6.45) is 3.20. The molecule has 1 amide bonds. The molecule has 1 aromatic heterocycles. The number of aliphatic hydroxyl groups is 1. The molecule has 3 rings (SSSR count). The number of piperidine rings is 1. The quantitative estimate of drug-likeness (QED) is 0.743. The molecule has 0 aliphatic carbocycles. The smallest absolute Gasteiger partial charge is 0.252 e. The van der Waals surface area contributed by atoms with Crippen LogP contribution in [0.2, 0.25) is 0 Å². The summed E-state index contributed by atoms with van der Waals surface area (Å²) in [6.45, 7) is 3.29. The molecule has 1 aromatic carbocycles. The van der Waals surface area contributed by atoms with E-state index in [2.05, 4.69) is 44.6 Å². The molecule has 0 unspecified atom stereocenters. The van der Waals surface area contributed by atoms with Crippen molar-refractivity contribution in [2.24, 2.45) is 5.92 Å². The molecule has 140 valence electrons. The number of nitrogens with one attached hydrogen (secondary N) is 1. The number of carbonyl (C=O) groups excluding carboxylic acids is 1. The molecule has 1 aliphatic heterocycles. The van der Waals surface area contributed by atoms with Crippen LogP contribution in [0.15, 0.2) is 34.9 Å². The van der Waals surface area contributed by atoms with Gasteiger partial charge in [-0.1, -0.05) is 35.5 Å². The van der Waals surface area contributed by atoms with Crippen LogP contribution in [-0.4, -0.2) is 45.7 Å². The molecule has 2 aromatic rings. The lowest BCUT2D eigenvalue weighted by Gasteiger charge is -2.31. The van der Waals surface area contributed by atoms with Crippen LogP contribution in [0.5, 0.6) is 0 Å². The first-order valence-electron chi connectivity index (χ1n) is 9.18. The maximum Gasteiger partial charge on any atom is 0.252 e. The molecular formula is C19H26N4O3. The topological polar surface area (TPSA) is 91.5 Å². The van der Waals surface area contributed by atoms with Crippen LogP contribution in [0.25, 0.3) is 0 Å². The fraction of sp³-hybridized carbons (Fsp3) is 0.526. The summed E-state index contributed by atoms with van der Waals surface area (Å²) in [5.74, 6) is 1.24. The van der Waals surface area contributed by atoms with Gasteiger partial charge >= 0.3 is 0 Å². The Morgan fingerprint density at radius 3 is 2.73 bits per heavy atom. The van der Waals surface area contributed by atoms with Gasteiger partial charge in [-0.2, -0.15) is 4.98 Å². The summed E-state index contributed by atoms with van der Waals surface area (Å²) in [5.41, 5.74) is 1.34. The number of benzene rings is 1. The molecule has 1 fully saturated rings. The van der Waals surface area contributed by atoms with Crippen molar-refractivity contribution in [2.75, 3.05) is 19.6 Å².